The molecule has 0 aliphatic rings. The molecule has 1 aromatic carbocycles. The molecule has 2 aromatic heterocycles. The van der Waals surface area contributed by atoms with Crippen molar-refractivity contribution >= 4 is 28.1 Å². The van der Waals surface area contributed by atoms with Crippen LogP contribution < -0.4 is 5.32 Å². The summed E-state index contributed by atoms with van der Waals surface area (Å²) in [5.41, 5.74) is 4.10. The molecule has 1 N–H and O–H groups in total. The van der Waals surface area contributed by atoms with Gasteiger partial charge in [0.1, 0.15) is 0 Å². The molecule has 1 amide bonds. The van der Waals surface area contributed by atoms with E-state index in [9.17, 15) is 4.79 Å². The molecular weight excluding hydrogens is 292 g/mol. The topological polar surface area (TPSA) is 42.0 Å². The summed E-state index contributed by atoms with van der Waals surface area (Å²) in [4.78, 5) is 18.0. The molecule has 0 bridgehead atoms. The Balaban J connectivity index is 1.79. The quantitative estimate of drug-likeness (QED) is 0.797. The Morgan fingerprint density at radius 3 is 2.77 bits per heavy atom. The van der Waals surface area contributed by atoms with E-state index in [1.807, 2.05) is 42.6 Å². The number of fused-ring (bicyclic) bond motifs is 1. The molecule has 112 valence electrons. The Morgan fingerprint density at radius 1 is 1.18 bits per heavy atom. The van der Waals surface area contributed by atoms with Crippen molar-refractivity contribution in [1.29, 1.82) is 0 Å². The first-order valence-corrected chi connectivity index (χ1v) is 8.17. The van der Waals surface area contributed by atoms with Gasteiger partial charge in [0, 0.05) is 16.0 Å². The summed E-state index contributed by atoms with van der Waals surface area (Å²) in [5, 5.41) is 6.12. The summed E-state index contributed by atoms with van der Waals surface area (Å²) in [6.07, 6.45) is 0.376. The van der Waals surface area contributed by atoms with Crippen LogP contribution in [0.25, 0.3) is 10.9 Å². The fourth-order valence-electron chi connectivity index (χ4n) is 2.65. The van der Waals surface area contributed by atoms with Gasteiger partial charge < -0.3 is 5.32 Å². The van der Waals surface area contributed by atoms with Gasteiger partial charge in [0.2, 0.25) is 5.91 Å². The van der Waals surface area contributed by atoms with E-state index in [1.165, 1.54) is 4.88 Å². The van der Waals surface area contributed by atoms with Gasteiger partial charge in [-0.05, 0) is 42.5 Å². The molecule has 3 rings (SSSR count). The number of benzene rings is 1. The maximum Gasteiger partial charge on any atom is 0.224 e. The second-order valence-electron chi connectivity index (χ2n) is 5.35. The summed E-state index contributed by atoms with van der Waals surface area (Å²) in [6.45, 7) is 4.63. The third kappa shape index (κ3) is 3.02. The van der Waals surface area contributed by atoms with Gasteiger partial charge in [-0.2, -0.15) is 0 Å². The molecule has 0 unspecified atom stereocenters. The van der Waals surface area contributed by atoms with Crippen molar-refractivity contribution in [3.05, 3.63) is 63.5 Å². The summed E-state index contributed by atoms with van der Waals surface area (Å²) in [5.74, 6) is 0.0386. The molecule has 3 aromatic rings. The molecule has 0 saturated carbocycles. The van der Waals surface area contributed by atoms with Gasteiger partial charge in [-0.15, -0.1) is 11.3 Å². The molecule has 0 saturated heterocycles. The van der Waals surface area contributed by atoms with Gasteiger partial charge in [-0.1, -0.05) is 24.3 Å². The number of thiophene rings is 1. The van der Waals surface area contributed by atoms with E-state index < -0.39 is 0 Å². The number of carbonyl (C=O) groups is 1. The zero-order chi connectivity index (χ0) is 15.5. The average Bonchev–Trinajstić information content (AvgIpc) is 3.03. The van der Waals surface area contributed by atoms with Crippen molar-refractivity contribution < 1.29 is 4.79 Å². The highest BCUT2D eigenvalue weighted by molar-refractivity contribution is 7.09. The van der Waals surface area contributed by atoms with E-state index >= 15 is 0 Å². The van der Waals surface area contributed by atoms with Crippen LogP contribution in [-0.2, 0) is 17.8 Å². The van der Waals surface area contributed by atoms with Crippen LogP contribution in [-0.4, -0.2) is 10.9 Å². The third-order valence-electron chi connectivity index (χ3n) is 3.86. The first kappa shape index (κ1) is 14.7. The van der Waals surface area contributed by atoms with Crippen LogP contribution in [0.5, 0.6) is 0 Å². The molecule has 22 heavy (non-hydrogen) atoms. The normalized spacial score (nSPS) is 10.8. The van der Waals surface area contributed by atoms with Crippen LogP contribution in [0.3, 0.4) is 0 Å². The average molecular weight is 310 g/mol. The first-order valence-electron chi connectivity index (χ1n) is 7.29. The van der Waals surface area contributed by atoms with E-state index in [1.54, 1.807) is 11.3 Å². The Bertz CT molecular complexity index is 809. The van der Waals surface area contributed by atoms with Gasteiger partial charge in [0.25, 0.3) is 0 Å². The number of aryl methyl sites for hydroxylation is 2. The fraction of sp³-hybridized carbons (Fsp3) is 0.222. The standard InChI is InChI=1S/C18H18N2OS/c1-12-15-7-3-4-8-17(15)20-13(2)16(12)10-18(21)19-11-14-6-5-9-22-14/h3-9H,10-11H2,1-2H3,(H,19,21). The largest absolute Gasteiger partial charge is 0.351 e. The second-order valence-corrected chi connectivity index (χ2v) is 6.38. The zero-order valence-electron chi connectivity index (χ0n) is 12.7. The number of nitrogens with one attached hydrogen (secondary N) is 1. The lowest BCUT2D eigenvalue weighted by atomic mass is 9.99. The van der Waals surface area contributed by atoms with Crippen LogP contribution in [0.1, 0.15) is 21.7 Å². The SMILES string of the molecule is Cc1nc2ccccc2c(C)c1CC(=O)NCc1cccs1. The summed E-state index contributed by atoms with van der Waals surface area (Å²) in [6, 6.07) is 12.1. The van der Waals surface area contributed by atoms with Gasteiger partial charge in [0.15, 0.2) is 0 Å². The molecule has 4 heteroatoms. The Labute approximate surface area is 134 Å². The summed E-state index contributed by atoms with van der Waals surface area (Å²) < 4.78 is 0. The minimum absolute atomic E-state index is 0.0386. The number of rotatable bonds is 4. The number of nitrogens with zero attached hydrogens (tertiary/aromatic N) is 1. The number of para-hydroxylation sites is 1. The van der Waals surface area contributed by atoms with E-state index in [2.05, 4.69) is 23.3 Å². The van der Waals surface area contributed by atoms with Crippen LogP contribution in [0.15, 0.2) is 41.8 Å². The Hall–Kier alpha value is -2.20. The molecule has 0 aliphatic heterocycles. The smallest absolute Gasteiger partial charge is 0.224 e. The minimum Gasteiger partial charge on any atom is -0.351 e. The van der Waals surface area contributed by atoms with Crippen molar-refractivity contribution in [2.45, 2.75) is 26.8 Å². The first-order chi connectivity index (χ1) is 10.6. The fourth-order valence-corrected chi connectivity index (χ4v) is 3.30. The van der Waals surface area contributed by atoms with E-state index in [0.29, 0.717) is 13.0 Å². The maximum atomic E-state index is 12.2. The molecule has 2 heterocycles. The molecule has 0 fully saturated rings. The lowest BCUT2D eigenvalue weighted by Crippen LogP contribution is -2.25. The van der Waals surface area contributed by atoms with Crippen molar-refractivity contribution in [3.63, 3.8) is 0 Å². The zero-order valence-corrected chi connectivity index (χ0v) is 13.5. The van der Waals surface area contributed by atoms with Crippen molar-refractivity contribution in [3.8, 4) is 0 Å². The molecule has 3 nitrogen and oxygen atoms in total. The lowest BCUT2D eigenvalue weighted by Gasteiger charge is -2.12. The Kier molecular flexibility index (Phi) is 4.20. The van der Waals surface area contributed by atoms with Crippen LogP contribution >= 0.6 is 11.3 Å². The number of hydrogen-bond donors (Lipinski definition) is 1. The minimum atomic E-state index is 0.0386. The number of pyridine rings is 1. The van der Waals surface area contributed by atoms with Crippen LogP contribution in [0, 0.1) is 13.8 Å². The van der Waals surface area contributed by atoms with Gasteiger partial charge in [-0.3, -0.25) is 9.78 Å². The predicted octanol–water partition coefficient (Wildman–Crippen LogP) is 3.77. The second kappa shape index (κ2) is 6.28. The highest BCUT2D eigenvalue weighted by Crippen LogP contribution is 2.22. The van der Waals surface area contributed by atoms with Gasteiger partial charge >= 0.3 is 0 Å². The van der Waals surface area contributed by atoms with E-state index in [4.69, 9.17) is 0 Å². The predicted molar refractivity (Wildman–Crippen MR) is 91.1 cm³/mol. The molecule has 0 spiro atoms. The van der Waals surface area contributed by atoms with Gasteiger partial charge in [0.05, 0.1) is 18.5 Å². The number of hydrogen-bond acceptors (Lipinski definition) is 3. The monoisotopic (exact) mass is 310 g/mol. The molecule has 0 atom stereocenters. The van der Waals surface area contributed by atoms with Crippen molar-refractivity contribution in [1.82, 2.24) is 10.3 Å². The molecule has 0 radical (unpaired) electrons. The Morgan fingerprint density at radius 2 is 2.00 bits per heavy atom. The number of carbonyl (C=O) groups excluding carboxylic acids is 1. The number of aromatic nitrogens is 1. The number of amides is 1. The van der Waals surface area contributed by atoms with Crippen molar-refractivity contribution in [2.75, 3.05) is 0 Å². The highest BCUT2D eigenvalue weighted by Gasteiger charge is 2.12. The molecule has 0 aliphatic carbocycles. The van der Waals surface area contributed by atoms with Crippen LogP contribution in [0.4, 0.5) is 0 Å². The van der Waals surface area contributed by atoms with E-state index in [-0.39, 0.29) is 5.91 Å². The van der Waals surface area contributed by atoms with Gasteiger partial charge in [-0.25, -0.2) is 0 Å². The highest BCUT2D eigenvalue weighted by atomic mass is 32.1. The van der Waals surface area contributed by atoms with Crippen LogP contribution in [0.2, 0.25) is 0 Å². The lowest BCUT2D eigenvalue weighted by molar-refractivity contribution is -0.120. The summed E-state index contributed by atoms with van der Waals surface area (Å²) >= 11 is 1.65. The summed E-state index contributed by atoms with van der Waals surface area (Å²) in [7, 11) is 0. The molecular formula is C18H18N2OS. The third-order valence-corrected chi connectivity index (χ3v) is 4.74. The van der Waals surface area contributed by atoms with Crippen molar-refractivity contribution in [2.24, 2.45) is 0 Å². The van der Waals surface area contributed by atoms with E-state index in [0.717, 1.165) is 27.7 Å². The maximum absolute atomic E-state index is 12.2.